The van der Waals surface area contributed by atoms with Crippen LogP contribution in [0.15, 0.2) is 16.7 Å². The third kappa shape index (κ3) is 1.55. The van der Waals surface area contributed by atoms with Gasteiger partial charge in [-0.25, -0.2) is 0 Å². The maximum Gasteiger partial charge on any atom is 0.0853 e. The summed E-state index contributed by atoms with van der Waals surface area (Å²) in [4.78, 5) is 3.98. The smallest absolute Gasteiger partial charge is 0.0853 e. The zero-order chi connectivity index (χ0) is 7.56. The molecule has 1 heterocycles. The summed E-state index contributed by atoms with van der Waals surface area (Å²) in [5.74, 6) is 0. The van der Waals surface area contributed by atoms with Crippen LogP contribution in [0.4, 0.5) is 0 Å². The van der Waals surface area contributed by atoms with Gasteiger partial charge in [-0.15, -0.1) is 0 Å². The molecule has 1 aromatic heterocycles. The van der Waals surface area contributed by atoms with E-state index >= 15 is 0 Å². The molecule has 0 spiro atoms. The van der Waals surface area contributed by atoms with Crippen LogP contribution in [0, 0.1) is 6.92 Å². The minimum absolute atomic E-state index is 0.00111. The van der Waals surface area contributed by atoms with E-state index in [0.29, 0.717) is 5.69 Å². The first-order valence-corrected chi connectivity index (χ1v) is 3.75. The van der Waals surface area contributed by atoms with Crippen molar-refractivity contribution in [1.82, 2.24) is 4.98 Å². The Hall–Kier alpha value is -0.410. The number of nitrogens with zero attached hydrogens (tertiary/aromatic N) is 1. The van der Waals surface area contributed by atoms with Crippen molar-refractivity contribution in [2.45, 2.75) is 13.5 Å². The number of pyridine rings is 1. The highest BCUT2D eigenvalue weighted by molar-refractivity contribution is 9.10. The summed E-state index contributed by atoms with van der Waals surface area (Å²) >= 11 is 3.34. The van der Waals surface area contributed by atoms with Gasteiger partial charge < -0.3 is 5.11 Å². The quantitative estimate of drug-likeness (QED) is 0.750. The largest absolute Gasteiger partial charge is 0.390 e. The Kier molecular flexibility index (Phi) is 2.40. The van der Waals surface area contributed by atoms with Gasteiger partial charge in [0.1, 0.15) is 0 Å². The van der Waals surface area contributed by atoms with Gasteiger partial charge in [0.15, 0.2) is 0 Å². The molecule has 10 heavy (non-hydrogen) atoms. The summed E-state index contributed by atoms with van der Waals surface area (Å²) in [6, 6.07) is 1.81. The lowest BCUT2D eigenvalue weighted by atomic mass is 10.3. The maximum absolute atomic E-state index is 8.67. The average Bonchev–Trinajstić information content (AvgIpc) is 1.95. The second-order valence-corrected chi connectivity index (χ2v) is 2.94. The molecule has 3 heteroatoms. The molecule has 0 aromatic carbocycles. The summed E-state index contributed by atoms with van der Waals surface area (Å²) in [6.07, 6.45) is 1.73. The number of aryl methyl sites for hydroxylation is 1. The van der Waals surface area contributed by atoms with Crippen LogP contribution >= 0.6 is 15.9 Å². The van der Waals surface area contributed by atoms with Crippen LogP contribution in [0.2, 0.25) is 0 Å². The Labute approximate surface area is 68.0 Å². The second kappa shape index (κ2) is 3.12. The average molecular weight is 202 g/mol. The fourth-order valence-electron chi connectivity index (χ4n) is 0.625. The predicted octanol–water partition coefficient (Wildman–Crippen LogP) is 1.64. The second-order valence-electron chi connectivity index (χ2n) is 2.08. The van der Waals surface area contributed by atoms with E-state index in [9.17, 15) is 0 Å². The zero-order valence-corrected chi connectivity index (χ0v) is 7.22. The molecule has 0 fully saturated rings. The fraction of sp³-hybridized carbons (Fsp3) is 0.286. The van der Waals surface area contributed by atoms with E-state index < -0.39 is 0 Å². The summed E-state index contributed by atoms with van der Waals surface area (Å²) < 4.78 is 0.992. The normalized spacial score (nSPS) is 9.90. The standard InChI is InChI=1S/C7H8BrNO/c1-5-3-9-6(4-10)2-7(5)8/h2-3,10H,4H2,1H3. The molecule has 0 unspecified atom stereocenters. The van der Waals surface area contributed by atoms with Crippen LogP contribution in [0.25, 0.3) is 0 Å². The van der Waals surface area contributed by atoms with E-state index in [1.807, 2.05) is 13.0 Å². The van der Waals surface area contributed by atoms with Gasteiger partial charge in [0, 0.05) is 10.7 Å². The molecule has 2 nitrogen and oxygen atoms in total. The molecule has 0 saturated carbocycles. The first-order valence-electron chi connectivity index (χ1n) is 2.96. The van der Waals surface area contributed by atoms with Gasteiger partial charge in [-0.3, -0.25) is 4.98 Å². The molecule has 1 aromatic rings. The van der Waals surface area contributed by atoms with E-state index in [4.69, 9.17) is 5.11 Å². The SMILES string of the molecule is Cc1cnc(CO)cc1Br. The first-order chi connectivity index (χ1) is 4.74. The van der Waals surface area contributed by atoms with Crippen molar-refractivity contribution in [2.75, 3.05) is 0 Å². The van der Waals surface area contributed by atoms with Gasteiger partial charge >= 0.3 is 0 Å². The Morgan fingerprint density at radius 2 is 2.40 bits per heavy atom. The highest BCUT2D eigenvalue weighted by Gasteiger charge is 1.95. The highest BCUT2D eigenvalue weighted by atomic mass is 79.9. The Morgan fingerprint density at radius 1 is 1.70 bits per heavy atom. The minimum Gasteiger partial charge on any atom is -0.390 e. The summed E-state index contributed by atoms with van der Waals surface area (Å²) in [5.41, 5.74) is 1.77. The van der Waals surface area contributed by atoms with Gasteiger partial charge in [0.2, 0.25) is 0 Å². The highest BCUT2D eigenvalue weighted by Crippen LogP contribution is 2.14. The van der Waals surface area contributed by atoms with Crippen LogP contribution in [0.1, 0.15) is 11.3 Å². The summed E-state index contributed by atoms with van der Waals surface area (Å²) in [5, 5.41) is 8.67. The third-order valence-corrected chi connectivity index (χ3v) is 2.11. The molecule has 0 aliphatic heterocycles. The van der Waals surface area contributed by atoms with Crippen molar-refractivity contribution in [2.24, 2.45) is 0 Å². The fourth-order valence-corrected chi connectivity index (χ4v) is 0.992. The van der Waals surface area contributed by atoms with E-state index in [1.54, 1.807) is 6.20 Å². The van der Waals surface area contributed by atoms with Crippen molar-refractivity contribution in [3.05, 3.63) is 28.0 Å². The van der Waals surface area contributed by atoms with E-state index in [-0.39, 0.29) is 6.61 Å². The molecular formula is C7H8BrNO. The molecule has 54 valence electrons. The van der Waals surface area contributed by atoms with Crippen molar-refractivity contribution in [3.63, 3.8) is 0 Å². The summed E-state index contributed by atoms with van der Waals surface area (Å²) in [6.45, 7) is 1.96. The van der Waals surface area contributed by atoms with Gasteiger partial charge in [-0.05, 0) is 18.6 Å². The number of hydrogen-bond acceptors (Lipinski definition) is 2. The molecule has 0 atom stereocenters. The number of aliphatic hydroxyl groups excluding tert-OH is 1. The zero-order valence-electron chi connectivity index (χ0n) is 5.63. The van der Waals surface area contributed by atoms with E-state index in [1.165, 1.54) is 0 Å². The molecule has 0 amide bonds. The minimum atomic E-state index is -0.00111. The van der Waals surface area contributed by atoms with Gasteiger partial charge in [-0.1, -0.05) is 15.9 Å². The van der Waals surface area contributed by atoms with Crippen molar-refractivity contribution in [3.8, 4) is 0 Å². The number of hydrogen-bond donors (Lipinski definition) is 1. The Morgan fingerprint density at radius 3 is 2.90 bits per heavy atom. The monoisotopic (exact) mass is 201 g/mol. The third-order valence-electron chi connectivity index (χ3n) is 1.26. The molecule has 1 rings (SSSR count). The van der Waals surface area contributed by atoms with Crippen LogP contribution < -0.4 is 0 Å². The number of rotatable bonds is 1. The number of aliphatic hydroxyl groups is 1. The van der Waals surface area contributed by atoms with Crippen molar-refractivity contribution >= 4 is 15.9 Å². The molecule has 0 aliphatic rings. The maximum atomic E-state index is 8.67. The first kappa shape index (κ1) is 7.69. The molecule has 0 aliphatic carbocycles. The Bertz CT molecular complexity index is 237. The predicted molar refractivity (Wildman–Crippen MR) is 42.6 cm³/mol. The molecule has 0 bridgehead atoms. The van der Waals surface area contributed by atoms with Gasteiger partial charge in [0.25, 0.3) is 0 Å². The van der Waals surface area contributed by atoms with Crippen LogP contribution in [-0.2, 0) is 6.61 Å². The number of aromatic nitrogens is 1. The van der Waals surface area contributed by atoms with Gasteiger partial charge in [-0.2, -0.15) is 0 Å². The molecule has 0 radical (unpaired) electrons. The lowest BCUT2D eigenvalue weighted by Gasteiger charge is -1.98. The van der Waals surface area contributed by atoms with E-state index in [2.05, 4.69) is 20.9 Å². The lowest BCUT2D eigenvalue weighted by molar-refractivity contribution is 0.276. The lowest BCUT2D eigenvalue weighted by Crippen LogP contribution is -1.89. The number of halogens is 1. The van der Waals surface area contributed by atoms with Gasteiger partial charge in [0.05, 0.1) is 12.3 Å². The van der Waals surface area contributed by atoms with Crippen LogP contribution in [-0.4, -0.2) is 10.1 Å². The van der Waals surface area contributed by atoms with Crippen molar-refractivity contribution in [1.29, 1.82) is 0 Å². The molecule has 1 N–H and O–H groups in total. The summed E-state index contributed by atoms with van der Waals surface area (Å²) in [7, 11) is 0. The topological polar surface area (TPSA) is 33.1 Å². The van der Waals surface area contributed by atoms with E-state index in [0.717, 1.165) is 10.0 Å². The molecular weight excluding hydrogens is 194 g/mol. The molecule has 0 saturated heterocycles. The van der Waals surface area contributed by atoms with Crippen LogP contribution in [0.3, 0.4) is 0 Å². The van der Waals surface area contributed by atoms with Crippen LogP contribution in [0.5, 0.6) is 0 Å². The Balaban J connectivity index is 3.04. The van der Waals surface area contributed by atoms with Crippen molar-refractivity contribution < 1.29 is 5.11 Å².